The molecule has 0 saturated heterocycles. The standard InChI is InChI=1S/C7H11NO2/c1-2-6(9)5-7-8-3-4-10-7/h3-4,6,9H,2,5H2,1H3. The first-order valence-electron chi connectivity index (χ1n) is 3.39. The lowest BCUT2D eigenvalue weighted by atomic mass is 10.2. The van der Waals surface area contributed by atoms with Crippen molar-refractivity contribution in [2.75, 3.05) is 0 Å². The molecule has 0 aliphatic carbocycles. The highest BCUT2D eigenvalue weighted by atomic mass is 16.3. The molecule has 1 unspecified atom stereocenters. The van der Waals surface area contributed by atoms with Crippen LogP contribution in [0.2, 0.25) is 0 Å². The zero-order valence-corrected chi connectivity index (χ0v) is 5.95. The summed E-state index contributed by atoms with van der Waals surface area (Å²) in [6.07, 6.45) is 4.03. The van der Waals surface area contributed by atoms with E-state index in [0.717, 1.165) is 6.42 Å². The lowest BCUT2D eigenvalue weighted by molar-refractivity contribution is 0.161. The first-order valence-corrected chi connectivity index (χ1v) is 3.39. The van der Waals surface area contributed by atoms with E-state index in [1.165, 1.54) is 6.26 Å². The van der Waals surface area contributed by atoms with Crippen LogP contribution in [0.25, 0.3) is 0 Å². The van der Waals surface area contributed by atoms with Gasteiger partial charge in [-0.25, -0.2) is 4.98 Å². The van der Waals surface area contributed by atoms with Crippen LogP contribution in [0.1, 0.15) is 19.2 Å². The molecule has 0 aliphatic rings. The van der Waals surface area contributed by atoms with Gasteiger partial charge >= 0.3 is 0 Å². The fourth-order valence-electron chi connectivity index (χ4n) is 0.700. The fourth-order valence-corrected chi connectivity index (χ4v) is 0.700. The van der Waals surface area contributed by atoms with Gasteiger partial charge in [0.1, 0.15) is 6.26 Å². The van der Waals surface area contributed by atoms with Gasteiger partial charge in [-0.15, -0.1) is 0 Å². The van der Waals surface area contributed by atoms with Crippen LogP contribution in [0.3, 0.4) is 0 Å². The van der Waals surface area contributed by atoms with E-state index in [1.807, 2.05) is 6.92 Å². The number of aliphatic hydroxyl groups is 1. The summed E-state index contributed by atoms with van der Waals surface area (Å²) in [6.45, 7) is 1.92. The van der Waals surface area contributed by atoms with Gasteiger partial charge in [-0.3, -0.25) is 0 Å². The monoisotopic (exact) mass is 141 g/mol. The third-order valence-corrected chi connectivity index (χ3v) is 1.36. The minimum absolute atomic E-state index is 0.321. The van der Waals surface area contributed by atoms with Crippen molar-refractivity contribution in [2.24, 2.45) is 0 Å². The second-order valence-corrected chi connectivity index (χ2v) is 2.19. The Kier molecular flexibility index (Phi) is 2.45. The summed E-state index contributed by atoms with van der Waals surface area (Å²) >= 11 is 0. The summed E-state index contributed by atoms with van der Waals surface area (Å²) in [5, 5.41) is 9.13. The first-order chi connectivity index (χ1) is 4.83. The van der Waals surface area contributed by atoms with Gasteiger partial charge in [-0.05, 0) is 6.42 Å². The molecule has 3 nitrogen and oxygen atoms in total. The zero-order valence-electron chi connectivity index (χ0n) is 5.95. The molecule has 1 aromatic rings. The van der Waals surface area contributed by atoms with E-state index in [1.54, 1.807) is 6.20 Å². The maximum Gasteiger partial charge on any atom is 0.196 e. The van der Waals surface area contributed by atoms with Crippen LogP contribution in [-0.2, 0) is 6.42 Å². The minimum atomic E-state index is -0.321. The Morgan fingerprint density at radius 1 is 1.80 bits per heavy atom. The second kappa shape index (κ2) is 3.37. The molecule has 0 aromatic carbocycles. The van der Waals surface area contributed by atoms with Crippen LogP contribution in [0.15, 0.2) is 16.9 Å². The summed E-state index contributed by atoms with van der Waals surface area (Å²) in [5.41, 5.74) is 0. The van der Waals surface area contributed by atoms with Crippen molar-refractivity contribution < 1.29 is 9.52 Å². The molecule has 0 fully saturated rings. The summed E-state index contributed by atoms with van der Waals surface area (Å²) < 4.78 is 4.93. The van der Waals surface area contributed by atoms with E-state index < -0.39 is 0 Å². The van der Waals surface area contributed by atoms with Crippen molar-refractivity contribution >= 4 is 0 Å². The van der Waals surface area contributed by atoms with E-state index in [4.69, 9.17) is 9.52 Å². The van der Waals surface area contributed by atoms with Gasteiger partial charge in [-0.2, -0.15) is 0 Å². The Labute approximate surface area is 59.7 Å². The Hall–Kier alpha value is -0.830. The minimum Gasteiger partial charge on any atom is -0.449 e. The van der Waals surface area contributed by atoms with Gasteiger partial charge in [-0.1, -0.05) is 6.92 Å². The Balaban J connectivity index is 2.40. The third-order valence-electron chi connectivity index (χ3n) is 1.36. The first kappa shape index (κ1) is 7.28. The van der Waals surface area contributed by atoms with Gasteiger partial charge in [0.15, 0.2) is 5.89 Å². The van der Waals surface area contributed by atoms with Gasteiger partial charge in [0.2, 0.25) is 0 Å². The molecule has 56 valence electrons. The average Bonchev–Trinajstić information content (AvgIpc) is 2.40. The number of aliphatic hydroxyl groups excluding tert-OH is 1. The third kappa shape index (κ3) is 1.84. The molecule has 1 atom stereocenters. The molecule has 3 heteroatoms. The van der Waals surface area contributed by atoms with Gasteiger partial charge in [0.05, 0.1) is 18.7 Å². The maximum absolute atomic E-state index is 9.13. The van der Waals surface area contributed by atoms with Gasteiger partial charge in [0.25, 0.3) is 0 Å². The predicted molar refractivity (Wildman–Crippen MR) is 36.5 cm³/mol. The van der Waals surface area contributed by atoms with E-state index in [2.05, 4.69) is 4.98 Å². The van der Waals surface area contributed by atoms with Crippen molar-refractivity contribution in [3.8, 4) is 0 Å². The van der Waals surface area contributed by atoms with Gasteiger partial charge < -0.3 is 9.52 Å². The number of hydrogen-bond donors (Lipinski definition) is 1. The lowest BCUT2D eigenvalue weighted by Crippen LogP contribution is -2.08. The topological polar surface area (TPSA) is 46.3 Å². The molecule has 0 radical (unpaired) electrons. The molecule has 0 saturated carbocycles. The van der Waals surface area contributed by atoms with E-state index >= 15 is 0 Å². The largest absolute Gasteiger partial charge is 0.449 e. The Bertz CT molecular complexity index is 172. The molecule has 0 spiro atoms. The van der Waals surface area contributed by atoms with Crippen LogP contribution in [0, 0.1) is 0 Å². The molecule has 0 bridgehead atoms. The molecule has 10 heavy (non-hydrogen) atoms. The molecule has 1 N–H and O–H groups in total. The molecule has 0 amide bonds. The van der Waals surface area contributed by atoms with Crippen molar-refractivity contribution in [3.63, 3.8) is 0 Å². The summed E-state index contributed by atoms with van der Waals surface area (Å²) in [7, 11) is 0. The van der Waals surface area contributed by atoms with E-state index in [0.29, 0.717) is 12.3 Å². The zero-order chi connectivity index (χ0) is 7.40. The molecule has 1 rings (SSSR count). The molecular weight excluding hydrogens is 130 g/mol. The van der Waals surface area contributed by atoms with Crippen molar-refractivity contribution in [3.05, 3.63) is 18.4 Å². The van der Waals surface area contributed by atoms with Crippen LogP contribution in [0.4, 0.5) is 0 Å². The van der Waals surface area contributed by atoms with E-state index in [9.17, 15) is 0 Å². The van der Waals surface area contributed by atoms with Crippen LogP contribution >= 0.6 is 0 Å². The number of nitrogens with zero attached hydrogens (tertiary/aromatic N) is 1. The smallest absolute Gasteiger partial charge is 0.196 e. The van der Waals surface area contributed by atoms with Crippen molar-refractivity contribution in [2.45, 2.75) is 25.9 Å². The highest BCUT2D eigenvalue weighted by Crippen LogP contribution is 2.01. The van der Waals surface area contributed by atoms with Crippen molar-refractivity contribution in [1.29, 1.82) is 0 Å². The van der Waals surface area contributed by atoms with Crippen LogP contribution in [0.5, 0.6) is 0 Å². The summed E-state index contributed by atoms with van der Waals surface area (Å²) in [6, 6.07) is 0. The molecular formula is C7H11NO2. The number of oxazole rings is 1. The second-order valence-electron chi connectivity index (χ2n) is 2.19. The van der Waals surface area contributed by atoms with Gasteiger partial charge in [0, 0.05) is 0 Å². The average molecular weight is 141 g/mol. The predicted octanol–water partition coefficient (Wildman–Crippen LogP) is 0.988. The quantitative estimate of drug-likeness (QED) is 0.682. The van der Waals surface area contributed by atoms with Crippen LogP contribution in [-0.4, -0.2) is 16.2 Å². The lowest BCUT2D eigenvalue weighted by Gasteiger charge is -2.01. The highest BCUT2D eigenvalue weighted by molar-refractivity contribution is 4.82. The van der Waals surface area contributed by atoms with Crippen LogP contribution < -0.4 is 0 Å². The fraction of sp³-hybridized carbons (Fsp3) is 0.571. The molecule has 0 aliphatic heterocycles. The number of aromatic nitrogens is 1. The number of hydrogen-bond acceptors (Lipinski definition) is 3. The number of rotatable bonds is 3. The SMILES string of the molecule is CCC(O)Cc1ncco1. The van der Waals surface area contributed by atoms with E-state index in [-0.39, 0.29) is 6.10 Å². The Morgan fingerprint density at radius 3 is 3.10 bits per heavy atom. The molecule has 1 aromatic heterocycles. The highest BCUT2D eigenvalue weighted by Gasteiger charge is 2.04. The Morgan fingerprint density at radius 2 is 2.60 bits per heavy atom. The van der Waals surface area contributed by atoms with Crippen molar-refractivity contribution in [1.82, 2.24) is 4.98 Å². The normalized spacial score (nSPS) is 13.4. The molecule has 1 heterocycles. The maximum atomic E-state index is 9.13. The summed E-state index contributed by atoms with van der Waals surface area (Å²) in [5.74, 6) is 0.606. The summed E-state index contributed by atoms with van der Waals surface area (Å²) in [4.78, 5) is 3.88.